The van der Waals surface area contributed by atoms with E-state index in [4.69, 9.17) is 9.47 Å². The summed E-state index contributed by atoms with van der Waals surface area (Å²) >= 11 is 0. The van der Waals surface area contributed by atoms with Crippen molar-refractivity contribution in [2.45, 2.75) is 32.4 Å². The van der Waals surface area contributed by atoms with Crippen molar-refractivity contribution in [1.29, 1.82) is 0 Å². The first-order valence-corrected chi connectivity index (χ1v) is 9.29. The van der Waals surface area contributed by atoms with Gasteiger partial charge in [-0.2, -0.15) is 0 Å². The number of halogens is 1. The van der Waals surface area contributed by atoms with Gasteiger partial charge in [0, 0.05) is 26.2 Å². The number of ether oxygens (including phenoxy) is 2. The number of rotatable bonds is 3. The van der Waals surface area contributed by atoms with Crippen molar-refractivity contribution in [2.24, 2.45) is 0 Å². The molecule has 0 radical (unpaired) electrons. The van der Waals surface area contributed by atoms with Crippen LogP contribution in [0.3, 0.4) is 0 Å². The molecule has 1 N–H and O–H groups in total. The summed E-state index contributed by atoms with van der Waals surface area (Å²) in [6.07, 6.45) is -0.970. The van der Waals surface area contributed by atoms with Crippen LogP contribution in [0.2, 0.25) is 0 Å². The third kappa shape index (κ3) is 4.30. The maximum atomic E-state index is 14.7. The van der Waals surface area contributed by atoms with Gasteiger partial charge in [-0.15, -0.1) is 0 Å². The van der Waals surface area contributed by atoms with Crippen LogP contribution < -0.4 is 9.80 Å². The molecule has 2 saturated heterocycles. The molecule has 28 heavy (non-hydrogen) atoms. The Morgan fingerprint density at radius 1 is 1.29 bits per heavy atom. The molecule has 2 fully saturated rings. The number of benzene rings is 1. The highest BCUT2D eigenvalue weighted by Crippen LogP contribution is 2.29. The van der Waals surface area contributed by atoms with Crippen LogP contribution in [0.15, 0.2) is 18.2 Å². The first-order valence-electron chi connectivity index (χ1n) is 9.29. The van der Waals surface area contributed by atoms with E-state index in [1.54, 1.807) is 17.0 Å². The van der Waals surface area contributed by atoms with Crippen LogP contribution in [0.25, 0.3) is 0 Å². The summed E-state index contributed by atoms with van der Waals surface area (Å²) in [5.41, 5.74) is 0.190. The highest BCUT2D eigenvalue weighted by atomic mass is 19.1. The van der Waals surface area contributed by atoms with E-state index in [2.05, 4.69) is 0 Å². The Morgan fingerprint density at radius 3 is 2.54 bits per heavy atom. The highest BCUT2D eigenvalue weighted by molar-refractivity contribution is 5.90. The van der Waals surface area contributed by atoms with Crippen molar-refractivity contribution in [3.63, 3.8) is 0 Å². The quantitative estimate of drug-likeness (QED) is 0.845. The van der Waals surface area contributed by atoms with Crippen molar-refractivity contribution in [3.05, 3.63) is 24.0 Å². The topological polar surface area (TPSA) is 82.6 Å². The molecule has 1 aromatic rings. The Labute approximate surface area is 163 Å². The largest absolute Gasteiger partial charge is 0.447 e. The minimum Gasteiger partial charge on any atom is -0.447 e. The summed E-state index contributed by atoms with van der Waals surface area (Å²) in [6.45, 7) is 7.07. The Bertz CT molecular complexity index is 744. The maximum Gasteiger partial charge on any atom is 0.414 e. The Kier molecular flexibility index (Phi) is 5.64. The van der Waals surface area contributed by atoms with Crippen molar-refractivity contribution in [3.8, 4) is 0 Å². The lowest BCUT2D eigenvalue weighted by atomic mass is 10.2. The molecule has 154 valence electrons. The molecule has 2 heterocycles. The molecule has 1 unspecified atom stereocenters. The molecule has 0 saturated carbocycles. The molecule has 0 spiro atoms. The average molecular weight is 395 g/mol. The van der Waals surface area contributed by atoms with Crippen LogP contribution in [0.1, 0.15) is 20.8 Å². The van der Waals surface area contributed by atoms with Crippen LogP contribution in [0.5, 0.6) is 0 Å². The molecule has 1 aromatic carbocycles. The Morgan fingerprint density at radius 2 is 1.96 bits per heavy atom. The number of aliphatic hydroxyl groups is 1. The van der Waals surface area contributed by atoms with Gasteiger partial charge in [-0.05, 0) is 39.0 Å². The molecule has 0 bridgehead atoms. The van der Waals surface area contributed by atoms with E-state index >= 15 is 0 Å². The van der Waals surface area contributed by atoms with Crippen molar-refractivity contribution in [2.75, 3.05) is 49.2 Å². The second-order valence-electron chi connectivity index (χ2n) is 7.87. The lowest BCUT2D eigenvalue weighted by Crippen LogP contribution is -2.50. The summed E-state index contributed by atoms with van der Waals surface area (Å²) < 4.78 is 25.0. The number of nitrogens with zero attached hydrogens (tertiary/aromatic N) is 3. The van der Waals surface area contributed by atoms with Crippen LogP contribution in [-0.4, -0.2) is 73.2 Å². The van der Waals surface area contributed by atoms with Gasteiger partial charge in [-0.3, -0.25) is 4.90 Å². The number of hydrogen-bond donors (Lipinski definition) is 1. The molecule has 2 amide bonds. The fourth-order valence-electron chi connectivity index (χ4n) is 3.27. The molecular formula is C19H26FN3O5. The number of aliphatic hydroxyl groups excluding tert-OH is 1. The van der Waals surface area contributed by atoms with E-state index in [-0.39, 0.29) is 19.3 Å². The third-order valence-corrected chi connectivity index (χ3v) is 4.65. The van der Waals surface area contributed by atoms with Gasteiger partial charge in [0.15, 0.2) is 0 Å². The minimum absolute atomic E-state index is 0.0747. The fourth-order valence-corrected chi connectivity index (χ4v) is 3.27. The fraction of sp³-hybridized carbons (Fsp3) is 0.579. The smallest absolute Gasteiger partial charge is 0.414 e. The van der Waals surface area contributed by atoms with Crippen LogP contribution >= 0.6 is 0 Å². The van der Waals surface area contributed by atoms with E-state index < -0.39 is 23.6 Å². The third-order valence-electron chi connectivity index (χ3n) is 4.65. The minimum atomic E-state index is -0.600. The van der Waals surface area contributed by atoms with Gasteiger partial charge in [-0.1, -0.05) is 0 Å². The molecule has 1 atom stereocenters. The van der Waals surface area contributed by atoms with Gasteiger partial charge in [0.1, 0.15) is 18.0 Å². The number of cyclic esters (lactones) is 1. The van der Waals surface area contributed by atoms with Crippen LogP contribution in [-0.2, 0) is 9.47 Å². The van der Waals surface area contributed by atoms with E-state index in [9.17, 15) is 19.1 Å². The van der Waals surface area contributed by atoms with Crippen molar-refractivity contribution in [1.82, 2.24) is 4.90 Å². The van der Waals surface area contributed by atoms with E-state index in [0.29, 0.717) is 37.6 Å². The predicted molar refractivity (Wildman–Crippen MR) is 101 cm³/mol. The molecule has 0 aromatic heterocycles. The number of piperazine rings is 1. The number of carbonyl (C=O) groups is 2. The first kappa shape index (κ1) is 20.2. The van der Waals surface area contributed by atoms with Gasteiger partial charge in [0.2, 0.25) is 0 Å². The highest BCUT2D eigenvalue weighted by Gasteiger charge is 2.34. The van der Waals surface area contributed by atoms with Crippen LogP contribution in [0.4, 0.5) is 25.4 Å². The molecule has 2 aliphatic rings. The molecule has 9 heteroatoms. The zero-order valence-electron chi connectivity index (χ0n) is 16.4. The van der Waals surface area contributed by atoms with E-state index in [1.165, 1.54) is 11.0 Å². The molecule has 3 rings (SSSR count). The van der Waals surface area contributed by atoms with Gasteiger partial charge >= 0.3 is 12.2 Å². The number of amides is 2. The van der Waals surface area contributed by atoms with Gasteiger partial charge < -0.3 is 24.4 Å². The first-order chi connectivity index (χ1) is 13.2. The van der Waals surface area contributed by atoms with Gasteiger partial charge in [0.25, 0.3) is 0 Å². The summed E-state index contributed by atoms with van der Waals surface area (Å²) in [5, 5.41) is 9.37. The Hall–Kier alpha value is -2.55. The SMILES string of the molecule is CC(C)(C)OC(=O)N1CCN(c2ccc(N3C(=O)OCC3CO)cc2F)CC1. The van der Waals surface area contributed by atoms with Crippen LogP contribution in [0, 0.1) is 5.82 Å². The second kappa shape index (κ2) is 7.83. The summed E-state index contributed by atoms with van der Waals surface area (Å²) in [6, 6.07) is 3.99. The Balaban J connectivity index is 1.66. The monoisotopic (exact) mass is 395 g/mol. The molecular weight excluding hydrogens is 369 g/mol. The average Bonchev–Trinajstić information content (AvgIpc) is 3.01. The van der Waals surface area contributed by atoms with Gasteiger partial charge in [-0.25, -0.2) is 14.0 Å². The zero-order chi connectivity index (χ0) is 20.5. The summed E-state index contributed by atoms with van der Waals surface area (Å²) in [7, 11) is 0. The summed E-state index contributed by atoms with van der Waals surface area (Å²) in [4.78, 5) is 28.7. The lowest BCUT2D eigenvalue weighted by Gasteiger charge is -2.37. The van der Waals surface area contributed by atoms with E-state index in [1.807, 2.05) is 25.7 Å². The predicted octanol–water partition coefficient (Wildman–Crippen LogP) is 2.20. The van der Waals surface area contributed by atoms with E-state index in [0.717, 1.165) is 0 Å². The van der Waals surface area contributed by atoms with Crippen molar-refractivity contribution < 1.29 is 28.6 Å². The number of hydrogen-bond acceptors (Lipinski definition) is 6. The molecule has 0 aliphatic carbocycles. The second-order valence-corrected chi connectivity index (χ2v) is 7.87. The maximum absolute atomic E-state index is 14.7. The summed E-state index contributed by atoms with van der Waals surface area (Å²) in [5.74, 6) is -0.473. The lowest BCUT2D eigenvalue weighted by molar-refractivity contribution is 0.0240. The van der Waals surface area contributed by atoms with Gasteiger partial charge in [0.05, 0.1) is 24.0 Å². The normalized spacial score (nSPS) is 20.4. The number of anilines is 2. The van der Waals surface area contributed by atoms with Crippen molar-refractivity contribution >= 4 is 23.6 Å². The molecule has 8 nitrogen and oxygen atoms in total. The molecule has 2 aliphatic heterocycles. The number of carbonyl (C=O) groups excluding carboxylic acids is 2. The standard InChI is InChI=1S/C19H26FN3O5/c1-19(2,3)28-17(25)22-8-6-21(7-9-22)16-5-4-13(10-15(16)20)23-14(11-24)12-27-18(23)26/h4-5,10,14,24H,6-9,11-12H2,1-3H3. The zero-order valence-corrected chi connectivity index (χ0v) is 16.4.